The van der Waals surface area contributed by atoms with Crippen molar-refractivity contribution in [2.75, 3.05) is 18.0 Å². The number of nitrogens with zero attached hydrogens (tertiary/aromatic N) is 5. The van der Waals surface area contributed by atoms with E-state index in [4.69, 9.17) is 9.16 Å². The number of imidazole rings is 1. The smallest absolute Gasteiger partial charge is 0.334 e. The lowest BCUT2D eigenvalue weighted by Crippen LogP contribution is -2.52. The maximum absolute atomic E-state index is 15.2. The molecule has 8 rings (SSSR count). The van der Waals surface area contributed by atoms with E-state index in [-0.39, 0.29) is 28.7 Å². The van der Waals surface area contributed by atoms with Crippen LogP contribution < -0.4 is 15.3 Å². The number of amides is 2. The molecule has 4 heterocycles. The summed E-state index contributed by atoms with van der Waals surface area (Å²) in [5.74, 6) is 0.435. The number of anilines is 1. The van der Waals surface area contributed by atoms with Crippen LogP contribution in [-0.4, -0.2) is 58.3 Å². The quantitative estimate of drug-likeness (QED) is 0.108. The molecule has 2 aromatic heterocycles. The molecule has 0 saturated carbocycles. The fraction of sp³-hybridized carbons (Fsp3) is 0.273. The molecule has 2 amide bonds. The third-order valence-corrected chi connectivity index (χ3v) is 15.7. The van der Waals surface area contributed by atoms with Crippen LogP contribution in [0.4, 0.5) is 5.82 Å². The molecule has 0 unspecified atom stereocenters. The Bertz CT molecular complexity index is 2400. The molecule has 0 spiro atoms. The van der Waals surface area contributed by atoms with E-state index in [9.17, 15) is 9.59 Å². The second kappa shape index (κ2) is 14.2. The van der Waals surface area contributed by atoms with Gasteiger partial charge in [-0.25, -0.2) is 14.7 Å². The zero-order valence-corrected chi connectivity index (χ0v) is 32.8. The SMILES string of the molecule is CC(C)(C)[Si](C)(C)O[C@@H]1C[C@H](n2c(=O)n(-c3ccc(Oc4ccccc4)cc3)c3c(N4C(=O)c5ccccc5C4=O)nccc32)CN(Cc2ccccc2)C1. The number of para-hydroxylation sites is 1. The molecule has 0 bridgehead atoms. The monoisotopic (exact) mass is 751 g/mol. The number of hydrogen-bond acceptors (Lipinski definition) is 7. The number of hydrogen-bond donors (Lipinski definition) is 0. The van der Waals surface area contributed by atoms with Crippen molar-refractivity contribution in [3.8, 4) is 17.2 Å². The van der Waals surface area contributed by atoms with E-state index in [1.165, 1.54) is 5.56 Å². The number of carbonyl (C=O) groups is 2. The molecule has 10 nitrogen and oxygen atoms in total. The van der Waals surface area contributed by atoms with Gasteiger partial charge < -0.3 is 9.16 Å². The van der Waals surface area contributed by atoms with Crippen LogP contribution in [-0.2, 0) is 11.0 Å². The number of benzene rings is 4. The number of likely N-dealkylation sites (tertiary alicyclic amines) is 1. The largest absolute Gasteiger partial charge is 0.457 e. The highest BCUT2D eigenvalue weighted by molar-refractivity contribution is 6.74. The Morgan fingerprint density at radius 3 is 1.98 bits per heavy atom. The third kappa shape index (κ3) is 6.84. The Labute approximate surface area is 321 Å². The molecular weight excluding hydrogens is 707 g/mol. The first-order valence-electron chi connectivity index (χ1n) is 18.8. The predicted molar refractivity (Wildman–Crippen MR) is 217 cm³/mol. The van der Waals surface area contributed by atoms with Crippen molar-refractivity contribution in [3.05, 3.63) is 149 Å². The van der Waals surface area contributed by atoms with Crippen LogP contribution >= 0.6 is 0 Å². The van der Waals surface area contributed by atoms with Gasteiger partial charge in [-0.2, -0.15) is 0 Å². The van der Waals surface area contributed by atoms with Crippen LogP contribution in [0.15, 0.2) is 126 Å². The maximum Gasteiger partial charge on any atom is 0.334 e. The Morgan fingerprint density at radius 2 is 1.35 bits per heavy atom. The molecule has 2 aliphatic rings. The van der Waals surface area contributed by atoms with E-state index in [1.54, 1.807) is 47.2 Å². The predicted octanol–water partition coefficient (Wildman–Crippen LogP) is 8.62. The molecule has 1 fully saturated rings. The lowest BCUT2D eigenvalue weighted by Gasteiger charge is -2.44. The molecule has 0 radical (unpaired) electrons. The van der Waals surface area contributed by atoms with Crippen LogP contribution in [0, 0.1) is 0 Å². The third-order valence-electron chi connectivity index (χ3n) is 11.2. The summed E-state index contributed by atoms with van der Waals surface area (Å²) in [4.78, 5) is 51.1. The first kappa shape index (κ1) is 36.4. The zero-order chi connectivity index (χ0) is 38.5. The molecule has 11 heteroatoms. The number of rotatable bonds is 9. The van der Waals surface area contributed by atoms with Gasteiger partial charge in [0, 0.05) is 25.8 Å². The van der Waals surface area contributed by atoms with Crippen LogP contribution in [0.2, 0.25) is 18.1 Å². The van der Waals surface area contributed by atoms with E-state index in [2.05, 4.69) is 55.9 Å². The second-order valence-corrected chi connectivity index (χ2v) is 20.7. The molecule has 2 aliphatic heterocycles. The number of aromatic nitrogens is 3. The summed E-state index contributed by atoms with van der Waals surface area (Å²) in [6.07, 6.45) is 2.07. The number of pyridine rings is 1. The zero-order valence-electron chi connectivity index (χ0n) is 31.8. The first-order chi connectivity index (χ1) is 26.4. The molecule has 1 saturated heterocycles. The maximum atomic E-state index is 15.2. The van der Waals surface area contributed by atoms with E-state index in [0.29, 0.717) is 58.9 Å². The highest BCUT2D eigenvalue weighted by Gasteiger charge is 2.43. The lowest BCUT2D eigenvalue weighted by molar-refractivity contribution is 0.0464. The fourth-order valence-electron chi connectivity index (χ4n) is 7.52. The van der Waals surface area contributed by atoms with Crippen LogP contribution in [0.3, 0.4) is 0 Å². The Kier molecular flexibility index (Phi) is 9.40. The summed E-state index contributed by atoms with van der Waals surface area (Å²) in [6.45, 7) is 13.3. The number of fused-ring (bicyclic) bond motifs is 2. The van der Waals surface area contributed by atoms with Crippen molar-refractivity contribution in [1.82, 2.24) is 19.0 Å². The van der Waals surface area contributed by atoms with Crippen LogP contribution in [0.1, 0.15) is 59.5 Å². The fourth-order valence-corrected chi connectivity index (χ4v) is 8.88. The topological polar surface area (TPSA) is 98.9 Å². The highest BCUT2D eigenvalue weighted by Crippen LogP contribution is 2.40. The van der Waals surface area contributed by atoms with Crippen molar-refractivity contribution >= 4 is 37.0 Å². The van der Waals surface area contributed by atoms with Gasteiger partial charge in [0.2, 0.25) is 0 Å². The van der Waals surface area contributed by atoms with Gasteiger partial charge in [0.1, 0.15) is 17.0 Å². The van der Waals surface area contributed by atoms with Gasteiger partial charge in [-0.3, -0.25) is 23.6 Å². The number of carbonyl (C=O) groups excluding carboxylic acids is 2. The van der Waals surface area contributed by atoms with Crippen LogP contribution in [0.25, 0.3) is 16.7 Å². The second-order valence-electron chi connectivity index (χ2n) is 16.0. The summed E-state index contributed by atoms with van der Waals surface area (Å²) >= 11 is 0. The molecule has 6 aromatic rings. The molecule has 0 N–H and O–H groups in total. The molecule has 280 valence electrons. The minimum atomic E-state index is -2.19. The van der Waals surface area contributed by atoms with Gasteiger partial charge in [-0.15, -0.1) is 0 Å². The van der Waals surface area contributed by atoms with Crippen molar-refractivity contribution in [2.45, 2.75) is 64.0 Å². The Hall–Kier alpha value is -5.62. The van der Waals surface area contributed by atoms with Gasteiger partial charge in [0.05, 0.1) is 34.5 Å². The minimum Gasteiger partial charge on any atom is -0.457 e. The van der Waals surface area contributed by atoms with Gasteiger partial charge in [0.15, 0.2) is 14.1 Å². The van der Waals surface area contributed by atoms with Crippen molar-refractivity contribution in [3.63, 3.8) is 0 Å². The molecule has 0 aliphatic carbocycles. The number of piperidine rings is 1. The first-order valence-corrected chi connectivity index (χ1v) is 21.7. The summed E-state index contributed by atoms with van der Waals surface area (Å²) < 4.78 is 16.6. The normalized spacial score (nSPS) is 17.9. The molecule has 4 aromatic carbocycles. The van der Waals surface area contributed by atoms with Crippen molar-refractivity contribution in [1.29, 1.82) is 0 Å². The molecule has 2 atom stereocenters. The summed E-state index contributed by atoms with van der Waals surface area (Å²) in [5, 5.41) is 0.000403. The van der Waals surface area contributed by atoms with Gasteiger partial charge >= 0.3 is 5.69 Å². The van der Waals surface area contributed by atoms with E-state index in [1.807, 2.05) is 71.3 Å². The van der Waals surface area contributed by atoms with Crippen LogP contribution in [0.5, 0.6) is 11.5 Å². The summed E-state index contributed by atoms with van der Waals surface area (Å²) in [7, 11) is -2.19. The van der Waals surface area contributed by atoms with E-state index < -0.39 is 20.1 Å². The minimum absolute atomic E-state index is 0.000403. The average Bonchev–Trinajstić information content (AvgIpc) is 3.61. The van der Waals surface area contributed by atoms with Crippen molar-refractivity contribution < 1.29 is 18.8 Å². The molecular formula is C44H45N5O5Si. The number of imide groups is 1. The summed E-state index contributed by atoms with van der Waals surface area (Å²) in [6, 6.07) is 35.3. The van der Waals surface area contributed by atoms with E-state index >= 15 is 4.79 Å². The lowest BCUT2D eigenvalue weighted by atomic mass is 10.0. The molecule has 55 heavy (non-hydrogen) atoms. The number of ether oxygens (including phenoxy) is 1. The Balaban J connectivity index is 1.27. The van der Waals surface area contributed by atoms with E-state index in [0.717, 1.165) is 11.4 Å². The van der Waals surface area contributed by atoms with Gasteiger partial charge in [-0.05, 0) is 84.7 Å². The average molecular weight is 752 g/mol. The van der Waals surface area contributed by atoms with Gasteiger partial charge in [0.25, 0.3) is 11.8 Å². The summed E-state index contributed by atoms with van der Waals surface area (Å²) in [5.41, 5.74) is 2.99. The Morgan fingerprint density at radius 1 is 0.745 bits per heavy atom. The van der Waals surface area contributed by atoms with Crippen molar-refractivity contribution in [2.24, 2.45) is 0 Å². The van der Waals surface area contributed by atoms with Gasteiger partial charge in [-0.1, -0.05) is 81.4 Å². The standard InChI is InChI=1S/C44H45N5O5Si/c1-44(2,3)55(4,5)54-35-26-32(28-46(29-35)27-30-14-8-6-9-15-30)47-38-24-25-45-40(49-41(50)36-18-12-13-19-37(36)42(49)51)39(38)48(43(47)52)31-20-22-34(23-21-31)53-33-16-10-7-11-17-33/h6-25,32,35H,26-29H2,1-5H3/t32-,35+/m0/s1. The highest BCUT2D eigenvalue weighted by atomic mass is 28.4.